The fourth-order valence-electron chi connectivity index (χ4n) is 2.80. The van der Waals surface area contributed by atoms with E-state index in [1.165, 1.54) is 25.7 Å². The number of nitrogens with zero attached hydrogens (tertiary/aromatic N) is 3. The van der Waals surface area contributed by atoms with Crippen molar-refractivity contribution in [1.29, 1.82) is 0 Å². The van der Waals surface area contributed by atoms with E-state index >= 15 is 0 Å². The van der Waals surface area contributed by atoms with E-state index in [9.17, 15) is 0 Å². The summed E-state index contributed by atoms with van der Waals surface area (Å²) in [4.78, 5) is 6.97. The second-order valence-corrected chi connectivity index (χ2v) is 5.97. The minimum Gasteiger partial charge on any atom is -0.340 e. The van der Waals surface area contributed by atoms with E-state index in [2.05, 4.69) is 32.3 Å². The Balaban J connectivity index is 1.48. The molecule has 0 amide bonds. The van der Waals surface area contributed by atoms with Crippen LogP contribution in [0.1, 0.15) is 38.4 Å². The van der Waals surface area contributed by atoms with E-state index in [4.69, 9.17) is 0 Å². The topological polar surface area (TPSA) is 56.8 Å². The van der Waals surface area contributed by atoms with Crippen LogP contribution in [0.3, 0.4) is 0 Å². The highest BCUT2D eigenvalue weighted by atomic mass is 15.4. The fourth-order valence-corrected chi connectivity index (χ4v) is 2.80. The third kappa shape index (κ3) is 3.47. The van der Waals surface area contributed by atoms with E-state index in [1.807, 2.05) is 0 Å². The Hall–Kier alpha value is -1.10. The van der Waals surface area contributed by atoms with E-state index in [-0.39, 0.29) is 0 Å². The molecule has 2 aliphatic rings. The lowest BCUT2D eigenvalue weighted by Gasteiger charge is -2.31. The predicted molar refractivity (Wildman–Crippen MR) is 76.3 cm³/mol. The maximum Gasteiger partial charge on any atom is 0.244 e. The van der Waals surface area contributed by atoms with Crippen LogP contribution in [0.4, 0.5) is 5.95 Å². The monoisotopic (exact) mass is 263 g/mol. The van der Waals surface area contributed by atoms with Crippen molar-refractivity contribution in [2.24, 2.45) is 11.8 Å². The summed E-state index contributed by atoms with van der Waals surface area (Å²) >= 11 is 0. The summed E-state index contributed by atoms with van der Waals surface area (Å²) in [7, 11) is 0. The lowest BCUT2D eigenvalue weighted by Crippen LogP contribution is -2.37. The van der Waals surface area contributed by atoms with Gasteiger partial charge in [0, 0.05) is 19.5 Å². The zero-order valence-corrected chi connectivity index (χ0v) is 11.9. The molecule has 19 heavy (non-hydrogen) atoms. The first-order valence-corrected chi connectivity index (χ1v) is 7.72. The van der Waals surface area contributed by atoms with Crippen molar-refractivity contribution in [2.45, 2.75) is 39.0 Å². The highest BCUT2D eigenvalue weighted by molar-refractivity contribution is 5.29. The van der Waals surface area contributed by atoms with Gasteiger partial charge >= 0.3 is 0 Å². The van der Waals surface area contributed by atoms with Crippen molar-refractivity contribution in [3.8, 4) is 0 Å². The van der Waals surface area contributed by atoms with Crippen molar-refractivity contribution in [3.63, 3.8) is 0 Å². The van der Waals surface area contributed by atoms with E-state index < -0.39 is 0 Å². The molecule has 3 rings (SSSR count). The number of piperidine rings is 1. The molecule has 0 aromatic carbocycles. The first-order chi connectivity index (χ1) is 9.35. The minimum atomic E-state index is 0.820. The third-order valence-electron chi connectivity index (χ3n) is 4.28. The number of anilines is 1. The molecule has 5 heteroatoms. The van der Waals surface area contributed by atoms with Crippen LogP contribution in [0.5, 0.6) is 0 Å². The minimum absolute atomic E-state index is 0.820. The Morgan fingerprint density at radius 1 is 1.21 bits per heavy atom. The summed E-state index contributed by atoms with van der Waals surface area (Å²) in [5, 5.41) is 10.9. The van der Waals surface area contributed by atoms with E-state index in [0.717, 1.165) is 56.2 Å². The average molecular weight is 263 g/mol. The van der Waals surface area contributed by atoms with Crippen LogP contribution in [-0.4, -0.2) is 41.4 Å². The van der Waals surface area contributed by atoms with Crippen LogP contribution < -0.4 is 10.2 Å². The van der Waals surface area contributed by atoms with Crippen molar-refractivity contribution in [3.05, 3.63) is 5.82 Å². The van der Waals surface area contributed by atoms with Crippen LogP contribution >= 0.6 is 0 Å². The molecule has 0 unspecified atom stereocenters. The predicted octanol–water partition coefficient (Wildman–Crippen LogP) is 1.58. The van der Waals surface area contributed by atoms with Gasteiger partial charge in [0.1, 0.15) is 5.82 Å². The molecule has 1 aromatic heterocycles. The third-order valence-corrected chi connectivity index (χ3v) is 4.28. The van der Waals surface area contributed by atoms with Gasteiger partial charge in [-0.25, -0.2) is 0 Å². The maximum atomic E-state index is 4.64. The summed E-state index contributed by atoms with van der Waals surface area (Å²) in [6, 6.07) is 0. The summed E-state index contributed by atoms with van der Waals surface area (Å²) in [6.07, 6.45) is 6.32. The molecule has 1 aliphatic heterocycles. The molecule has 1 aliphatic carbocycles. The summed E-state index contributed by atoms with van der Waals surface area (Å²) < 4.78 is 0. The zero-order valence-electron chi connectivity index (χ0n) is 11.9. The Morgan fingerprint density at radius 2 is 2.00 bits per heavy atom. The van der Waals surface area contributed by atoms with Crippen LogP contribution in [0.25, 0.3) is 0 Å². The maximum absolute atomic E-state index is 4.64. The van der Waals surface area contributed by atoms with Crippen LogP contribution in [0, 0.1) is 11.8 Å². The van der Waals surface area contributed by atoms with Gasteiger partial charge in [0.05, 0.1) is 0 Å². The van der Waals surface area contributed by atoms with Gasteiger partial charge in [-0.05, 0) is 50.6 Å². The molecule has 2 N–H and O–H groups in total. The lowest BCUT2D eigenvalue weighted by molar-refractivity contribution is 0.384. The van der Waals surface area contributed by atoms with Crippen molar-refractivity contribution >= 4 is 5.95 Å². The normalized spacial score (nSPS) is 21.0. The van der Waals surface area contributed by atoms with Crippen molar-refractivity contribution in [2.75, 3.05) is 31.1 Å². The fraction of sp³-hybridized carbons (Fsp3) is 0.857. The van der Waals surface area contributed by atoms with E-state index in [0.29, 0.717) is 0 Å². The van der Waals surface area contributed by atoms with Gasteiger partial charge in [0.15, 0.2) is 0 Å². The van der Waals surface area contributed by atoms with Gasteiger partial charge in [-0.1, -0.05) is 6.92 Å². The first kappa shape index (κ1) is 12.9. The molecule has 0 atom stereocenters. The van der Waals surface area contributed by atoms with Crippen LogP contribution in [0.15, 0.2) is 0 Å². The van der Waals surface area contributed by atoms with Gasteiger partial charge in [0.25, 0.3) is 0 Å². The molecular formula is C14H25N5. The Labute approximate surface area is 115 Å². The molecule has 2 heterocycles. The van der Waals surface area contributed by atoms with Crippen LogP contribution in [0.2, 0.25) is 0 Å². The molecular weight excluding hydrogens is 238 g/mol. The quantitative estimate of drug-likeness (QED) is 0.818. The first-order valence-electron chi connectivity index (χ1n) is 7.72. The molecule has 0 bridgehead atoms. The highest BCUT2D eigenvalue weighted by Gasteiger charge is 2.25. The molecule has 1 aromatic rings. The lowest BCUT2D eigenvalue weighted by atomic mass is 9.97. The Morgan fingerprint density at radius 3 is 2.68 bits per heavy atom. The Bertz CT molecular complexity index is 390. The van der Waals surface area contributed by atoms with Gasteiger partial charge < -0.3 is 10.2 Å². The Kier molecular flexibility index (Phi) is 4.01. The highest BCUT2D eigenvalue weighted by Crippen LogP contribution is 2.32. The average Bonchev–Trinajstić information content (AvgIpc) is 3.13. The molecule has 2 fully saturated rings. The molecule has 0 radical (unpaired) electrons. The summed E-state index contributed by atoms with van der Waals surface area (Å²) in [5.41, 5.74) is 0. The van der Waals surface area contributed by atoms with Gasteiger partial charge in [-0.3, -0.25) is 5.10 Å². The number of H-pyrrole nitrogens is 1. The largest absolute Gasteiger partial charge is 0.340 e. The SMILES string of the molecule is CCNCC1CCN(c2n[nH]c(CC3CC3)n2)CC1. The number of nitrogens with one attached hydrogen (secondary N) is 2. The van der Waals surface area contributed by atoms with Gasteiger partial charge in [-0.2, -0.15) is 4.98 Å². The zero-order chi connectivity index (χ0) is 13.1. The smallest absolute Gasteiger partial charge is 0.244 e. The van der Waals surface area contributed by atoms with E-state index in [1.54, 1.807) is 0 Å². The standard InChI is InChI=1S/C14H25N5/c1-2-15-10-12-5-7-19(8-6-12)14-16-13(17-18-14)9-11-3-4-11/h11-12,15H,2-10H2,1H3,(H,16,17,18). The number of hydrogen-bond acceptors (Lipinski definition) is 4. The number of aromatic nitrogens is 3. The summed E-state index contributed by atoms with van der Waals surface area (Å²) in [6.45, 7) is 6.59. The molecule has 5 nitrogen and oxygen atoms in total. The van der Waals surface area contributed by atoms with Crippen molar-refractivity contribution in [1.82, 2.24) is 20.5 Å². The van der Waals surface area contributed by atoms with Crippen LogP contribution in [-0.2, 0) is 6.42 Å². The number of rotatable bonds is 6. The summed E-state index contributed by atoms with van der Waals surface area (Å²) in [5.74, 6) is 3.68. The van der Waals surface area contributed by atoms with Crippen molar-refractivity contribution < 1.29 is 0 Å². The molecule has 106 valence electrons. The van der Waals surface area contributed by atoms with Gasteiger partial charge in [0.2, 0.25) is 5.95 Å². The van der Waals surface area contributed by atoms with Gasteiger partial charge in [-0.15, -0.1) is 5.10 Å². The molecule has 1 saturated heterocycles. The number of hydrogen-bond donors (Lipinski definition) is 2. The second kappa shape index (κ2) is 5.90. The molecule has 1 saturated carbocycles. The number of aromatic amines is 1. The second-order valence-electron chi connectivity index (χ2n) is 5.97. The molecule has 0 spiro atoms.